The van der Waals surface area contributed by atoms with Gasteiger partial charge in [0.15, 0.2) is 5.96 Å². The number of aliphatic imine (C=N–C) groups is 1. The van der Waals surface area contributed by atoms with E-state index < -0.39 is 10.0 Å². The lowest BCUT2D eigenvalue weighted by molar-refractivity contribution is -0.130. The average Bonchev–Trinajstić information content (AvgIpc) is 3.09. The molecule has 2 heterocycles. The monoisotopic (exact) mass is 577 g/mol. The number of hydrogen-bond donors (Lipinski definition) is 2. The van der Waals surface area contributed by atoms with Crippen LogP contribution in [0.3, 0.4) is 0 Å². The highest BCUT2D eigenvalue weighted by Gasteiger charge is 2.28. The third kappa shape index (κ3) is 7.50. The Labute approximate surface area is 209 Å². The van der Waals surface area contributed by atoms with E-state index in [0.29, 0.717) is 32.0 Å². The topological polar surface area (TPSA) is 94.1 Å². The number of carbonyl (C=O) groups is 1. The van der Waals surface area contributed by atoms with Crippen molar-refractivity contribution < 1.29 is 13.2 Å². The Balaban J connectivity index is 0.00000363. The lowest BCUT2D eigenvalue weighted by atomic mass is 10.2. The predicted octanol–water partition coefficient (Wildman–Crippen LogP) is 2.34. The van der Waals surface area contributed by atoms with Crippen molar-refractivity contribution in [3.05, 3.63) is 29.8 Å². The maximum absolute atomic E-state index is 12.8. The number of nitrogens with zero attached hydrogens (tertiary/aromatic N) is 3. The Kier molecular flexibility index (Phi) is 11.0. The molecule has 1 saturated heterocycles. The molecule has 10 heteroatoms. The van der Waals surface area contributed by atoms with E-state index in [-0.39, 0.29) is 42.2 Å². The standard InChI is InChI=1S/C22H35N5O3S.HI/c1-2-23-22(24-13-8-16-26-15-7-3-4-11-21(26)28)25-14-18-31(29,30)27-17-12-19-9-5-6-10-20(19)27;/h5-6,9-10H,2-4,7-8,11-18H2,1H3,(H2,23,24,25);1H. The average molecular weight is 578 g/mol. The van der Waals surface area contributed by atoms with Gasteiger partial charge in [0.2, 0.25) is 15.9 Å². The summed E-state index contributed by atoms with van der Waals surface area (Å²) >= 11 is 0. The van der Waals surface area contributed by atoms with Crippen molar-refractivity contribution in [1.82, 2.24) is 15.5 Å². The van der Waals surface area contributed by atoms with Crippen LogP contribution >= 0.6 is 24.0 Å². The van der Waals surface area contributed by atoms with Gasteiger partial charge in [-0.3, -0.25) is 14.1 Å². The number of hydrogen-bond acceptors (Lipinski definition) is 4. The fourth-order valence-corrected chi connectivity index (χ4v) is 5.50. The SMILES string of the molecule is CCNC(=NCCCN1CCCCCC1=O)NCCS(=O)(=O)N1CCc2ccccc21.I. The van der Waals surface area contributed by atoms with Gasteiger partial charge in [-0.05, 0) is 44.2 Å². The summed E-state index contributed by atoms with van der Waals surface area (Å²) in [6.07, 6.45) is 5.41. The number of guanidine groups is 1. The molecule has 8 nitrogen and oxygen atoms in total. The highest BCUT2D eigenvalue weighted by Crippen LogP contribution is 2.29. The number of fused-ring (bicyclic) bond motifs is 1. The molecule has 0 radical (unpaired) electrons. The molecule has 0 bridgehead atoms. The molecular weight excluding hydrogens is 541 g/mol. The van der Waals surface area contributed by atoms with Crippen LogP contribution in [-0.4, -0.2) is 70.2 Å². The second kappa shape index (κ2) is 13.2. The van der Waals surface area contributed by atoms with Crippen molar-refractivity contribution in [2.75, 3.05) is 49.3 Å². The Morgan fingerprint density at radius 2 is 1.91 bits per heavy atom. The van der Waals surface area contributed by atoms with Gasteiger partial charge in [-0.25, -0.2) is 8.42 Å². The zero-order chi connectivity index (χ0) is 22.1. The Bertz CT molecular complexity index is 878. The fraction of sp³-hybridized carbons (Fsp3) is 0.636. The van der Waals surface area contributed by atoms with Crippen LogP contribution in [-0.2, 0) is 21.2 Å². The number of amides is 1. The molecule has 0 aromatic heterocycles. The summed E-state index contributed by atoms with van der Waals surface area (Å²) in [5, 5.41) is 6.30. The number of benzene rings is 1. The molecular formula is C22H36IN5O3S. The van der Waals surface area contributed by atoms with Crippen molar-refractivity contribution in [2.24, 2.45) is 4.99 Å². The zero-order valence-corrected chi connectivity index (χ0v) is 22.0. The molecule has 1 aromatic carbocycles. The van der Waals surface area contributed by atoms with E-state index in [1.165, 1.54) is 4.31 Å². The number of para-hydroxylation sites is 1. The first-order valence-electron chi connectivity index (χ1n) is 11.4. The molecule has 1 aromatic rings. The molecule has 3 rings (SSSR count). The molecule has 1 fully saturated rings. The van der Waals surface area contributed by atoms with Crippen molar-refractivity contribution in [2.45, 2.75) is 45.4 Å². The summed E-state index contributed by atoms with van der Waals surface area (Å²) in [6.45, 7) is 5.63. The molecule has 0 aliphatic carbocycles. The van der Waals surface area contributed by atoms with Crippen LogP contribution in [0.2, 0.25) is 0 Å². The largest absolute Gasteiger partial charge is 0.357 e. The predicted molar refractivity (Wildman–Crippen MR) is 140 cm³/mol. The zero-order valence-electron chi connectivity index (χ0n) is 18.9. The number of likely N-dealkylation sites (tertiary alicyclic amines) is 1. The maximum atomic E-state index is 12.8. The van der Waals surface area contributed by atoms with Gasteiger partial charge in [0, 0.05) is 45.7 Å². The first kappa shape index (κ1) is 26.7. The second-order valence-corrected chi connectivity index (χ2v) is 10.0. The van der Waals surface area contributed by atoms with Gasteiger partial charge >= 0.3 is 0 Å². The van der Waals surface area contributed by atoms with E-state index in [4.69, 9.17) is 0 Å². The van der Waals surface area contributed by atoms with Gasteiger partial charge in [-0.15, -0.1) is 24.0 Å². The summed E-state index contributed by atoms with van der Waals surface area (Å²) in [5.74, 6) is 0.871. The minimum atomic E-state index is -3.39. The summed E-state index contributed by atoms with van der Waals surface area (Å²) in [7, 11) is -3.39. The number of sulfonamides is 1. The van der Waals surface area contributed by atoms with E-state index >= 15 is 0 Å². The normalized spacial score (nSPS) is 16.9. The van der Waals surface area contributed by atoms with Crippen LogP contribution in [0.15, 0.2) is 29.3 Å². The Hall–Kier alpha value is -1.56. The number of carbonyl (C=O) groups excluding carboxylic acids is 1. The molecule has 0 unspecified atom stereocenters. The van der Waals surface area contributed by atoms with Gasteiger partial charge < -0.3 is 15.5 Å². The Morgan fingerprint density at radius 3 is 2.72 bits per heavy atom. The highest BCUT2D eigenvalue weighted by molar-refractivity contribution is 14.0. The Morgan fingerprint density at radius 1 is 1.09 bits per heavy atom. The van der Waals surface area contributed by atoms with Gasteiger partial charge in [-0.1, -0.05) is 24.6 Å². The summed E-state index contributed by atoms with van der Waals surface area (Å²) in [4.78, 5) is 18.6. The van der Waals surface area contributed by atoms with Gasteiger partial charge in [0.1, 0.15) is 0 Å². The second-order valence-electron chi connectivity index (χ2n) is 8.00. The van der Waals surface area contributed by atoms with Crippen LogP contribution in [0.4, 0.5) is 5.69 Å². The molecule has 2 aliphatic rings. The highest BCUT2D eigenvalue weighted by atomic mass is 127. The van der Waals surface area contributed by atoms with Crippen LogP contribution < -0.4 is 14.9 Å². The molecule has 2 N–H and O–H groups in total. The number of nitrogens with one attached hydrogen (secondary N) is 2. The van der Waals surface area contributed by atoms with Gasteiger partial charge in [-0.2, -0.15) is 0 Å². The number of halogens is 1. The van der Waals surface area contributed by atoms with E-state index in [2.05, 4.69) is 15.6 Å². The molecule has 0 atom stereocenters. The summed E-state index contributed by atoms with van der Waals surface area (Å²) < 4.78 is 27.2. The van der Waals surface area contributed by atoms with E-state index in [0.717, 1.165) is 56.4 Å². The summed E-state index contributed by atoms with van der Waals surface area (Å²) in [5.41, 5.74) is 1.88. The molecule has 32 heavy (non-hydrogen) atoms. The lowest BCUT2D eigenvalue weighted by Gasteiger charge is -2.20. The minimum absolute atomic E-state index is 0. The van der Waals surface area contributed by atoms with Gasteiger partial charge in [0.25, 0.3) is 0 Å². The summed E-state index contributed by atoms with van der Waals surface area (Å²) in [6, 6.07) is 7.67. The van der Waals surface area contributed by atoms with Crippen LogP contribution in [0.25, 0.3) is 0 Å². The van der Waals surface area contributed by atoms with Crippen molar-refractivity contribution in [3.63, 3.8) is 0 Å². The molecule has 0 saturated carbocycles. The van der Waals surface area contributed by atoms with Crippen molar-refractivity contribution in [1.29, 1.82) is 0 Å². The van der Waals surface area contributed by atoms with Crippen LogP contribution in [0, 0.1) is 0 Å². The molecule has 2 aliphatic heterocycles. The first-order chi connectivity index (χ1) is 15.0. The number of anilines is 1. The molecule has 180 valence electrons. The van der Waals surface area contributed by atoms with Crippen molar-refractivity contribution in [3.8, 4) is 0 Å². The van der Waals surface area contributed by atoms with E-state index in [1.54, 1.807) is 0 Å². The van der Waals surface area contributed by atoms with Gasteiger partial charge in [0.05, 0.1) is 11.4 Å². The lowest BCUT2D eigenvalue weighted by Crippen LogP contribution is -2.42. The van der Waals surface area contributed by atoms with Crippen LogP contribution in [0.5, 0.6) is 0 Å². The fourth-order valence-electron chi connectivity index (χ4n) is 4.07. The molecule has 1 amide bonds. The van der Waals surface area contributed by atoms with E-state index in [9.17, 15) is 13.2 Å². The first-order valence-corrected chi connectivity index (χ1v) is 13.0. The minimum Gasteiger partial charge on any atom is -0.357 e. The third-order valence-corrected chi connectivity index (χ3v) is 7.48. The maximum Gasteiger partial charge on any atom is 0.236 e. The van der Waals surface area contributed by atoms with E-state index in [1.807, 2.05) is 36.1 Å². The van der Waals surface area contributed by atoms with Crippen molar-refractivity contribution >= 4 is 51.6 Å². The number of rotatable bonds is 9. The third-order valence-electron chi connectivity index (χ3n) is 5.70. The molecule has 0 spiro atoms. The quantitative estimate of drug-likeness (QED) is 0.204. The van der Waals surface area contributed by atoms with Crippen LogP contribution in [0.1, 0.15) is 44.6 Å². The smallest absolute Gasteiger partial charge is 0.236 e.